The van der Waals surface area contributed by atoms with Gasteiger partial charge in [-0.2, -0.15) is 0 Å². The van der Waals surface area contributed by atoms with Crippen LogP contribution in [0.25, 0.3) is 0 Å². The van der Waals surface area contributed by atoms with Gasteiger partial charge in [0.15, 0.2) is 0 Å². The van der Waals surface area contributed by atoms with Crippen molar-refractivity contribution in [2.45, 2.75) is 24.8 Å². The maximum atomic E-state index is 9.28. The predicted molar refractivity (Wildman–Crippen MR) is 75.4 cm³/mol. The van der Waals surface area contributed by atoms with E-state index in [0.717, 1.165) is 11.1 Å². The Kier molecular flexibility index (Phi) is 3.93. The van der Waals surface area contributed by atoms with Gasteiger partial charge in [0.25, 0.3) is 0 Å². The smallest absolute Gasteiger partial charge is 0.115 e. The first-order valence-corrected chi connectivity index (χ1v) is 6.37. The Morgan fingerprint density at radius 3 is 2.53 bits per heavy atom. The molecule has 0 aliphatic heterocycles. The molecular formula is C15H20N2O2. The predicted octanol–water partition coefficient (Wildman–Crippen LogP) is 1.19. The Bertz CT molecular complexity index is 505. The number of nitrogens with two attached hydrogens (primary N) is 2. The van der Waals surface area contributed by atoms with E-state index in [1.165, 1.54) is 0 Å². The van der Waals surface area contributed by atoms with Crippen molar-refractivity contribution in [1.29, 1.82) is 0 Å². The molecule has 0 saturated carbocycles. The average molecular weight is 260 g/mol. The van der Waals surface area contributed by atoms with Gasteiger partial charge in [-0.15, -0.1) is 0 Å². The van der Waals surface area contributed by atoms with Gasteiger partial charge in [0.05, 0.1) is 0 Å². The van der Waals surface area contributed by atoms with Crippen LogP contribution in [0.1, 0.15) is 18.4 Å². The zero-order valence-corrected chi connectivity index (χ0v) is 10.8. The van der Waals surface area contributed by atoms with E-state index >= 15 is 0 Å². The molecule has 102 valence electrons. The Labute approximate surface area is 113 Å². The molecule has 1 aliphatic rings. The van der Waals surface area contributed by atoms with Crippen LogP contribution in [0.15, 0.2) is 47.7 Å². The van der Waals surface area contributed by atoms with E-state index in [-0.39, 0.29) is 12.4 Å². The first kappa shape index (κ1) is 13.6. The van der Waals surface area contributed by atoms with Crippen LogP contribution in [0.4, 0.5) is 0 Å². The second-order valence-corrected chi connectivity index (χ2v) is 5.12. The molecule has 6 N–H and O–H groups in total. The van der Waals surface area contributed by atoms with E-state index in [0.29, 0.717) is 25.0 Å². The molecule has 1 aromatic rings. The number of phenolic OH excluding ortho intramolecular Hbond substituents is 1. The summed E-state index contributed by atoms with van der Waals surface area (Å²) in [6, 6.07) is 7.05. The Morgan fingerprint density at radius 1 is 1.21 bits per heavy atom. The van der Waals surface area contributed by atoms with Crippen molar-refractivity contribution in [3.63, 3.8) is 0 Å². The Morgan fingerprint density at radius 2 is 1.89 bits per heavy atom. The topological polar surface area (TPSA) is 92.5 Å². The number of rotatable bonds is 4. The quantitative estimate of drug-likeness (QED) is 0.654. The molecule has 1 aliphatic carbocycles. The third-order valence-electron chi connectivity index (χ3n) is 3.43. The summed E-state index contributed by atoms with van der Waals surface area (Å²) in [5, 5.41) is 18.3. The van der Waals surface area contributed by atoms with Gasteiger partial charge in [-0.3, -0.25) is 0 Å². The van der Waals surface area contributed by atoms with Crippen molar-refractivity contribution < 1.29 is 10.2 Å². The molecule has 1 unspecified atom stereocenters. The summed E-state index contributed by atoms with van der Waals surface area (Å²) in [5.41, 5.74) is 14.6. The molecule has 0 heterocycles. The molecule has 0 fully saturated rings. The van der Waals surface area contributed by atoms with Crippen molar-refractivity contribution in [2.24, 2.45) is 11.5 Å². The molecule has 0 amide bonds. The molecule has 2 rings (SSSR count). The van der Waals surface area contributed by atoms with Crippen LogP contribution >= 0.6 is 0 Å². The maximum Gasteiger partial charge on any atom is 0.115 e. The third kappa shape index (κ3) is 3.36. The number of hydrogen-bond donors (Lipinski definition) is 4. The van der Waals surface area contributed by atoms with Crippen LogP contribution in [0.2, 0.25) is 0 Å². The van der Waals surface area contributed by atoms with Gasteiger partial charge in [0.1, 0.15) is 5.75 Å². The first-order valence-electron chi connectivity index (χ1n) is 6.37. The zero-order chi connectivity index (χ0) is 13.9. The standard InChI is InChI=1S/C15H20N2O2/c16-14-5-7-15(17,10-12(14)6-8-18)9-11-1-3-13(19)4-2-11/h1-5,7,18-19H,6,8-10,16-17H2. The number of aliphatic hydroxyl groups excluding tert-OH is 1. The van der Waals surface area contributed by atoms with Gasteiger partial charge in [0.2, 0.25) is 0 Å². The van der Waals surface area contributed by atoms with Crippen LogP contribution in [-0.2, 0) is 6.42 Å². The lowest BCUT2D eigenvalue weighted by Gasteiger charge is -2.31. The van der Waals surface area contributed by atoms with Gasteiger partial charge in [-0.05, 0) is 48.6 Å². The molecule has 4 nitrogen and oxygen atoms in total. The van der Waals surface area contributed by atoms with Crippen molar-refractivity contribution in [3.05, 3.63) is 53.3 Å². The molecule has 0 aromatic heterocycles. The molecule has 1 atom stereocenters. The van der Waals surface area contributed by atoms with Crippen molar-refractivity contribution in [1.82, 2.24) is 0 Å². The van der Waals surface area contributed by atoms with Crippen molar-refractivity contribution >= 4 is 0 Å². The SMILES string of the molecule is NC1=C(CCO)CC(N)(Cc2ccc(O)cc2)C=C1. The fourth-order valence-corrected chi connectivity index (χ4v) is 2.41. The van der Waals surface area contributed by atoms with Gasteiger partial charge < -0.3 is 21.7 Å². The number of benzene rings is 1. The summed E-state index contributed by atoms with van der Waals surface area (Å²) < 4.78 is 0. The third-order valence-corrected chi connectivity index (χ3v) is 3.43. The lowest BCUT2D eigenvalue weighted by Crippen LogP contribution is -2.42. The Balaban J connectivity index is 2.12. The summed E-state index contributed by atoms with van der Waals surface area (Å²) in [6.45, 7) is 0.0825. The Hall–Kier alpha value is -1.78. The van der Waals surface area contributed by atoms with Gasteiger partial charge >= 0.3 is 0 Å². The molecule has 19 heavy (non-hydrogen) atoms. The number of allylic oxidation sites excluding steroid dienone is 1. The van der Waals surface area contributed by atoms with E-state index in [4.69, 9.17) is 16.6 Å². The second-order valence-electron chi connectivity index (χ2n) is 5.12. The minimum absolute atomic E-state index is 0.0825. The minimum atomic E-state index is -0.482. The minimum Gasteiger partial charge on any atom is -0.508 e. The summed E-state index contributed by atoms with van der Waals surface area (Å²) in [6.07, 6.45) is 5.64. The molecule has 1 aromatic carbocycles. The highest BCUT2D eigenvalue weighted by molar-refractivity contribution is 5.36. The number of aliphatic hydroxyl groups is 1. The van der Waals surface area contributed by atoms with Crippen LogP contribution in [0.3, 0.4) is 0 Å². The molecule has 0 bridgehead atoms. The van der Waals surface area contributed by atoms with E-state index in [1.54, 1.807) is 12.1 Å². The lowest BCUT2D eigenvalue weighted by atomic mass is 9.80. The van der Waals surface area contributed by atoms with Crippen LogP contribution < -0.4 is 11.5 Å². The number of phenols is 1. The zero-order valence-electron chi connectivity index (χ0n) is 10.8. The van der Waals surface area contributed by atoms with Gasteiger partial charge in [0, 0.05) is 17.8 Å². The molecule has 0 spiro atoms. The van der Waals surface area contributed by atoms with Gasteiger partial charge in [-0.1, -0.05) is 18.2 Å². The van der Waals surface area contributed by atoms with E-state index in [1.807, 2.05) is 24.3 Å². The fourth-order valence-electron chi connectivity index (χ4n) is 2.41. The maximum absolute atomic E-state index is 9.28. The van der Waals surface area contributed by atoms with Crippen LogP contribution in [-0.4, -0.2) is 22.4 Å². The second kappa shape index (κ2) is 5.47. The molecule has 4 heteroatoms. The van der Waals surface area contributed by atoms with Crippen LogP contribution in [0, 0.1) is 0 Å². The monoisotopic (exact) mass is 260 g/mol. The summed E-state index contributed by atoms with van der Waals surface area (Å²) >= 11 is 0. The fraction of sp³-hybridized carbons (Fsp3) is 0.333. The van der Waals surface area contributed by atoms with Crippen molar-refractivity contribution in [2.75, 3.05) is 6.61 Å². The van der Waals surface area contributed by atoms with E-state index in [2.05, 4.69) is 0 Å². The molecular weight excluding hydrogens is 240 g/mol. The molecule has 0 radical (unpaired) electrons. The average Bonchev–Trinajstić information content (AvgIpc) is 2.37. The largest absolute Gasteiger partial charge is 0.508 e. The van der Waals surface area contributed by atoms with E-state index in [9.17, 15) is 5.11 Å². The number of hydrogen-bond acceptors (Lipinski definition) is 4. The highest BCUT2D eigenvalue weighted by Gasteiger charge is 2.27. The normalized spacial score (nSPS) is 22.8. The lowest BCUT2D eigenvalue weighted by molar-refractivity contribution is 0.295. The summed E-state index contributed by atoms with van der Waals surface area (Å²) in [7, 11) is 0. The first-order chi connectivity index (χ1) is 9.02. The van der Waals surface area contributed by atoms with Crippen LogP contribution in [0.5, 0.6) is 5.75 Å². The number of aromatic hydroxyl groups is 1. The highest BCUT2D eigenvalue weighted by Crippen LogP contribution is 2.28. The molecule has 0 saturated heterocycles. The summed E-state index contributed by atoms with van der Waals surface area (Å²) in [4.78, 5) is 0. The van der Waals surface area contributed by atoms with Crippen molar-refractivity contribution in [3.8, 4) is 5.75 Å². The highest BCUT2D eigenvalue weighted by atomic mass is 16.3. The van der Waals surface area contributed by atoms with E-state index < -0.39 is 5.54 Å². The summed E-state index contributed by atoms with van der Waals surface area (Å²) in [5.74, 6) is 0.249. The van der Waals surface area contributed by atoms with Gasteiger partial charge in [-0.25, -0.2) is 0 Å².